The maximum absolute atomic E-state index is 11.8. The van der Waals surface area contributed by atoms with E-state index in [0.717, 1.165) is 50.3 Å². The van der Waals surface area contributed by atoms with Gasteiger partial charge in [-0.3, -0.25) is 14.5 Å². The predicted octanol–water partition coefficient (Wildman–Crippen LogP) is 1.48. The highest BCUT2D eigenvalue weighted by Gasteiger charge is 2.27. The zero-order valence-electron chi connectivity index (χ0n) is 14.9. The van der Waals surface area contributed by atoms with E-state index in [4.69, 9.17) is 4.74 Å². The zero-order chi connectivity index (χ0) is 17.4. The van der Waals surface area contributed by atoms with Gasteiger partial charge in [0.1, 0.15) is 0 Å². The van der Waals surface area contributed by atoms with Gasteiger partial charge in [0.25, 0.3) is 0 Å². The molecule has 1 aromatic heterocycles. The highest BCUT2D eigenvalue weighted by molar-refractivity contribution is 5.80. The van der Waals surface area contributed by atoms with E-state index in [0.29, 0.717) is 12.6 Å². The molecule has 1 saturated carbocycles. The summed E-state index contributed by atoms with van der Waals surface area (Å²) in [6.45, 7) is 5.90. The molecule has 0 bridgehead atoms. The van der Waals surface area contributed by atoms with Crippen molar-refractivity contribution in [3.63, 3.8) is 0 Å². The molecule has 0 spiro atoms. The fourth-order valence-electron chi connectivity index (χ4n) is 3.00. The third-order valence-corrected chi connectivity index (χ3v) is 4.31. The van der Waals surface area contributed by atoms with Crippen LogP contribution in [-0.4, -0.2) is 48.0 Å². The normalized spacial score (nSPS) is 21.4. The lowest BCUT2D eigenvalue weighted by Gasteiger charge is -2.29. The summed E-state index contributed by atoms with van der Waals surface area (Å²) in [4.78, 5) is 16.0. The zero-order valence-corrected chi connectivity index (χ0v) is 14.9. The first-order valence-electron chi connectivity index (χ1n) is 8.75. The van der Waals surface area contributed by atoms with Crippen molar-refractivity contribution in [1.82, 2.24) is 20.4 Å². The average molecular weight is 335 g/mol. The van der Waals surface area contributed by atoms with E-state index in [1.54, 1.807) is 7.05 Å². The Kier molecular flexibility index (Phi) is 7.08. The Balaban J connectivity index is 1.69. The Labute approximate surface area is 143 Å². The van der Waals surface area contributed by atoms with Crippen molar-refractivity contribution >= 4 is 11.9 Å². The number of aliphatic imine (C=N–C) groups is 1. The second-order valence-corrected chi connectivity index (χ2v) is 6.22. The Hall–Kier alpha value is -2.05. The van der Waals surface area contributed by atoms with Crippen LogP contribution < -0.4 is 10.6 Å². The molecule has 2 N–H and O–H groups in total. The summed E-state index contributed by atoms with van der Waals surface area (Å²) >= 11 is 0. The summed E-state index contributed by atoms with van der Waals surface area (Å²) in [6.07, 6.45) is 7.55. The van der Waals surface area contributed by atoms with Gasteiger partial charge < -0.3 is 15.4 Å². The van der Waals surface area contributed by atoms with Gasteiger partial charge in [-0.15, -0.1) is 0 Å². The number of guanidine groups is 1. The fraction of sp³-hybridized carbons (Fsp3) is 0.706. The van der Waals surface area contributed by atoms with E-state index in [-0.39, 0.29) is 11.9 Å². The Morgan fingerprint density at radius 1 is 1.42 bits per heavy atom. The lowest BCUT2D eigenvalue weighted by molar-refractivity contribution is -0.149. The molecular formula is C17H29N5O2. The molecule has 1 aliphatic carbocycles. The summed E-state index contributed by atoms with van der Waals surface area (Å²) in [6, 6.07) is 0.355. The molecule has 1 aromatic rings. The van der Waals surface area contributed by atoms with Crippen LogP contribution in [0.1, 0.15) is 38.2 Å². The van der Waals surface area contributed by atoms with Crippen molar-refractivity contribution in [2.75, 3.05) is 20.2 Å². The van der Waals surface area contributed by atoms with E-state index in [1.165, 1.54) is 0 Å². The number of esters is 1. The highest BCUT2D eigenvalue weighted by Crippen LogP contribution is 2.25. The fourth-order valence-corrected chi connectivity index (χ4v) is 3.00. The topological polar surface area (TPSA) is 80.5 Å². The Morgan fingerprint density at radius 2 is 2.17 bits per heavy atom. The van der Waals surface area contributed by atoms with Gasteiger partial charge in [-0.25, -0.2) is 0 Å². The lowest BCUT2D eigenvalue weighted by atomic mass is 9.86. The van der Waals surface area contributed by atoms with Crippen molar-refractivity contribution < 1.29 is 9.53 Å². The summed E-state index contributed by atoms with van der Waals surface area (Å²) < 4.78 is 7.03. The molecule has 0 amide bonds. The largest absolute Gasteiger partial charge is 0.466 e. The lowest BCUT2D eigenvalue weighted by Crippen LogP contribution is -2.46. The van der Waals surface area contributed by atoms with Gasteiger partial charge in [0.15, 0.2) is 5.96 Å². The van der Waals surface area contributed by atoms with Crippen molar-refractivity contribution in [3.8, 4) is 0 Å². The number of nitrogens with one attached hydrogen (secondary N) is 2. The van der Waals surface area contributed by atoms with Gasteiger partial charge in [-0.1, -0.05) is 0 Å². The third kappa shape index (κ3) is 5.54. The van der Waals surface area contributed by atoms with Crippen LogP contribution in [-0.2, 0) is 16.1 Å². The van der Waals surface area contributed by atoms with E-state index in [1.807, 2.05) is 30.9 Å². The number of nitrogens with zero attached hydrogens (tertiary/aromatic N) is 3. The van der Waals surface area contributed by atoms with Crippen molar-refractivity contribution in [2.24, 2.45) is 10.9 Å². The van der Waals surface area contributed by atoms with Crippen molar-refractivity contribution in [1.29, 1.82) is 0 Å². The van der Waals surface area contributed by atoms with Crippen LogP contribution in [0.15, 0.2) is 17.4 Å². The third-order valence-electron chi connectivity index (χ3n) is 4.31. The van der Waals surface area contributed by atoms with Gasteiger partial charge >= 0.3 is 5.97 Å². The molecule has 24 heavy (non-hydrogen) atoms. The molecule has 2 rings (SSSR count). The SMILES string of the molecule is CCOC(=O)C1CCC(NC(=NC)NCCn2cc(C)cn2)CC1. The Morgan fingerprint density at radius 3 is 2.75 bits per heavy atom. The second-order valence-electron chi connectivity index (χ2n) is 6.22. The summed E-state index contributed by atoms with van der Waals surface area (Å²) in [5, 5.41) is 11.0. The van der Waals surface area contributed by atoms with Crippen LogP contribution >= 0.6 is 0 Å². The Bertz CT molecular complexity index is 547. The molecule has 0 unspecified atom stereocenters. The quantitative estimate of drug-likeness (QED) is 0.467. The van der Waals surface area contributed by atoms with E-state index in [2.05, 4.69) is 20.7 Å². The first-order chi connectivity index (χ1) is 11.6. The number of hydrogen-bond acceptors (Lipinski definition) is 4. The second kappa shape index (κ2) is 9.30. The number of aromatic nitrogens is 2. The minimum absolute atomic E-state index is 0.0482. The van der Waals surface area contributed by atoms with E-state index < -0.39 is 0 Å². The molecule has 1 fully saturated rings. The number of ether oxygens (including phenoxy) is 1. The average Bonchev–Trinajstić information content (AvgIpc) is 3.00. The van der Waals surface area contributed by atoms with Crippen molar-refractivity contribution in [2.45, 2.75) is 52.1 Å². The smallest absolute Gasteiger partial charge is 0.308 e. The van der Waals surface area contributed by atoms with Crippen LogP contribution in [0.5, 0.6) is 0 Å². The molecule has 7 nitrogen and oxygen atoms in total. The molecule has 134 valence electrons. The molecular weight excluding hydrogens is 306 g/mol. The molecule has 1 heterocycles. The number of carbonyl (C=O) groups is 1. The summed E-state index contributed by atoms with van der Waals surface area (Å²) in [5.41, 5.74) is 1.16. The minimum Gasteiger partial charge on any atom is -0.466 e. The first-order valence-corrected chi connectivity index (χ1v) is 8.75. The molecule has 7 heteroatoms. The molecule has 1 aliphatic rings. The number of rotatable bonds is 6. The highest BCUT2D eigenvalue weighted by atomic mass is 16.5. The maximum atomic E-state index is 11.8. The molecule has 0 atom stereocenters. The van der Waals surface area contributed by atoms with Crippen LogP contribution in [0.3, 0.4) is 0 Å². The van der Waals surface area contributed by atoms with Gasteiger partial charge in [0.2, 0.25) is 0 Å². The number of hydrogen-bond donors (Lipinski definition) is 2. The van der Waals surface area contributed by atoms with Gasteiger partial charge in [0, 0.05) is 25.8 Å². The molecule has 0 saturated heterocycles. The summed E-state index contributed by atoms with van der Waals surface area (Å²) in [7, 11) is 1.78. The van der Waals surface area contributed by atoms with Crippen LogP contribution in [0, 0.1) is 12.8 Å². The van der Waals surface area contributed by atoms with Crippen molar-refractivity contribution in [3.05, 3.63) is 18.0 Å². The monoisotopic (exact) mass is 335 g/mol. The molecule has 0 aromatic carbocycles. The number of carbonyl (C=O) groups excluding carboxylic acids is 1. The standard InChI is InChI=1S/C17H29N5O2/c1-4-24-16(23)14-5-7-15(8-6-14)21-17(18-3)19-9-10-22-12-13(2)11-20-22/h11-12,14-15H,4-10H2,1-3H3,(H2,18,19,21). The van der Waals surface area contributed by atoms with Gasteiger partial charge in [-0.2, -0.15) is 5.10 Å². The first kappa shape index (κ1) is 18.3. The number of aryl methyl sites for hydroxylation is 1. The van der Waals surface area contributed by atoms with Crippen LogP contribution in [0.25, 0.3) is 0 Å². The van der Waals surface area contributed by atoms with E-state index in [9.17, 15) is 4.79 Å². The van der Waals surface area contributed by atoms with Gasteiger partial charge in [-0.05, 0) is 45.1 Å². The predicted molar refractivity (Wildman–Crippen MR) is 93.8 cm³/mol. The minimum atomic E-state index is -0.0482. The van der Waals surface area contributed by atoms with Crippen LogP contribution in [0.2, 0.25) is 0 Å². The molecule has 0 aliphatic heterocycles. The van der Waals surface area contributed by atoms with E-state index >= 15 is 0 Å². The van der Waals surface area contributed by atoms with Gasteiger partial charge in [0.05, 0.1) is 25.3 Å². The maximum Gasteiger partial charge on any atom is 0.308 e. The van der Waals surface area contributed by atoms with Crippen LogP contribution in [0.4, 0.5) is 0 Å². The molecule has 0 radical (unpaired) electrons. The summed E-state index contributed by atoms with van der Waals surface area (Å²) in [5.74, 6) is 0.812.